The van der Waals surface area contributed by atoms with Crippen LogP contribution in [0.4, 0.5) is 14.5 Å². The van der Waals surface area contributed by atoms with Crippen molar-refractivity contribution in [1.29, 1.82) is 0 Å². The Bertz CT molecular complexity index is 320. The molecule has 0 spiro atoms. The van der Waals surface area contributed by atoms with Crippen molar-refractivity contribution < 1.29 is 13.5 Å². The molecular weight excluding hydrogens is 246 g/mol. The van der Waals surface area contributed by atoms with E-state index in [-0.39, 0.29) is 21.6 Å². The summed E-state index contributed by atoms with van der Waals surface area (Å²) in [4.78, 5) is 3.48. The fourth-order valence-electron chi connectivity index (χ4n) is 0.857. The maximum atomic E-state index is 12.3. The van der Waals surface area contributed by atoms with Crippen molar-refractivity contribution in [3.05, 3.63) is 16.4 Å². The number of hydrogen-bond donors (Lipinski definition) is 1. The van der Waals surface area contributed by atoms with Crippen molar-refractivity contribution in [1.82, 2.24) is 4.98 Å². The minimum absolute atomic E-state index is 0.102. The molecule has 0 bridgehead atoms. The number of alkyl halides is 2. The van der Waals surface area contributed by atoms with E-state index in [0.29, 0.717) is 0 Å². The first-order chi connectivity index (χ1) is 6.07. The number of pyridine rings is 1. The number of rotatable bonds is 2. The zero-order chi connectivity index (χ0) is 10.0. The third-order valence-corrected chi connectivity index (χ3v) is 2.21. The van der Waals surface area contributed by atoms with Crippen molar-refractivity contribution in [2.24, 2.45) is 0 Å². The van der Waals surface area contributed by atoms with E-state index in [9.17, 15) is 8.78 Å². The second kappa shape index (κ2) is 3.87. The van der Waals surface area contributed by atoms with E-state index < -0.39 is 6.43 Å². The molecule has 0 amide bonds. The predicted molar refractivity (Wildman–Crippen MR) is 47.9 cm³/mol. The topological polar surface area (TPSA) is 48.1 Å². The van der Waals surface area contributed by atoms with Gasteiger partial charge in [0.25, 0.3) is 6.43 Å². The number of nitrogens with zero attached hydrogens (tertiary/aromatic N) is 1. The van der Waals surface area contributed by atoms with Gasteiger partial charge in [-0.25, -0.2) is 8.78 Å². The molecule has 0 fully saturated rings. The van der Waals surface area contributed by atoms with Crippen LogP contribution in [0.3, 0.4) is 0 Å². The first kappa shape index (κ1) is 10.2. The quantitative estimate of drug-likeness (QED) is 0.880. The summed E-state index contributed by atoms with van der Waals surface area (Å²) in [6, 6.07) is 0. The largest absolute Gasteiger partial charge is 0.493 e. The van der Waals surface area contributed by atoms with E-state index in [1.807, 2.05) is 0 Å². The summed E-state index contributed by atoms with van der Waals surface area (Å²) in [6.45, 7) is 0. The summed E-state index contributed by atoms with van der Waals surface area (Å²) in [5.74, 6) is 0.185. The SMILES string of the molecule is COc1c(N)cnc(C(F)F)c1Br. The van der Waals surface area contributed by atoms with Crippen LogP contribution in [0.15, 0.2) is 10.7 Å². The third-order valence-electron chi connectivity index (χ3n) is 1.44. The first-order valence-electron chi connectivity index (χ1n) is 3.34. The molecule has 0 radical (unpaired) electrons. The molecule has 0 aliphatic rings. The van der Waals surface area contributed by atoms with Crippen LogP contribution in [-0.2, 0) is 0 Å². The molecule has 6 heteroatoms. The van der Waals surface area contributed by atoms with Crippen LogP contribution in [0.2, 0.25) is 0 Å². The summed E-state index contributed by atoms with van der Waals surface area (Å²) >= 11 is 2.95. The lowest BCUT2D eigenvalue weighted by Crippen LogP contribution is -1.99. The molecule has 0 unspecified atom stereocenters. The van der Waals surface area contributed by atoms with Crippen LogP contribution in [0.5, 0.6) is 5.75 Å². The highest BCUT2D eigenvalue weighted by molar-refractivity contribution is 9.10. The normalized spacial score (nSPS) is 10.5. The molecule has 72 valence electrons. The van der Waals surface area contributed by atoms with Gasteiger partial charge >= 0.3 is 0 Å². The standard InChI is InChI=1S/C7H7BrF2N2O/c1-13-6-3(11)2-12-5(4(6)8)7(9)10/h2,7H,11H2,1H3. The van der Waals surface area contributed by atoms with Gasteiger partial charge in [0.2, 0.25) is 0 Å². The Morgan fingerprint density at radius 1 is 1.62 bits per heavy atom. The van der Waals surface area contributed by atoms with E-state index in [4.69, 9.17) is 10.5 Å². The molecule has 13 heavy (non-hydrogen) atoms. The molecule has 0 aliphatic heterocycles. The minimum atomic E-state index is -2.65. The van der Waals surface area contributed by atoms with Crippen LogP contribution >= 0.6 is 15.9 Å². The maximum absolute atomic E-state index is 12.3. The Morgan fingerprint density at radius 3 is 2.69 bits per heavy atom. The first-order valence-corrected chi connectivity index (χ1v) is 4.13. The zero-order valence-electron chi connectivity index (χ0n) is 6.72. The third kappa shape index (κ3) is 1.88. The number of anilines is 1. The molecule has 1 rings (SSSR count). The minimum Gasteiger partial charge on any atom is -0.493 e. The van der Waals surface area contributed by atoms with E-state index in [2.05, 4.69) is 20.9 Å². The molecule has 2 N–H and O–H groups in total. The molecule has 0 aliphatic carbocycles. The number of nitrogens with two attached hydrogens (primary N) is 1. The van der Waals surface area contributed by atoms with Gasteiger partial charge in [-0.15, -0.1) is 0 Å². The smallest absolute Gasteiger partial charge is 0.281 e. The van der Waals surface area contributed by atoms with Gasteiger partial charge in [0, 0.05) is 0 Å². The van der Waals surface area contributed by atoms with E-state index in [1.165, 1.54) is 7.11 Å². The van der Waals surface area contributed by atoms with Gasteiger partial charge < -0.3 is 10.5 Å². The second-order valence-corrected chi connectivity index (χ2v) is 3.04. The lowest BCUT2D eigenvalue weighted by molar-refractivity contribution is 0.144. The Labute approximate surface area is 82.0 Å². The molecule has 1 heterocycles. The van der Waals surface area contributed by atoms with Gasteiger partial charge in [0.1, 0.15) is 5.69 Å². The van der Waals surface area contributed by atoms with Gasteiger partial charge in [-0.05, 0) is 15.9 Å². The Balaban J connectivity index is 3.27. The summed E-state index contributed by atoms with van der Waals surface area (Å²) in [7, 11) is 1.35. The molecule has 0 saturated carbocycles. The zero-order valence-corrected chi connectivity index (χ0v) is 8.31. The van der Waals surface area contributed by atoms with Gasteiger partial charge in [0.15, 0.2) is 5.75 Å². The van der Waals surface area contributed by atoms with E-state index in [0.717, 1.165) is 6.20 Å². The van der Waals surface area contributed by atoms with Crippen molar-refractivity contribution in [2.45, 2.75) is 6.43 Å². The average Bonchev–Trinajstić information content (AvgIpc) is 2.04. The number of hydrogen-bond acceptors (Lipinski definition) is 3. The van der Waals surface area contributed by atoms with E-state index in [1.54, 1.807) is 0 Å². The lowest BCUT2D eigenvalue weighted by Gasteiger charge is -2.09. The molecule has 0 atom stereocenters. The van der Waals surface area contributed by atoms with Gasteiger partial charge in [0.05, 0.1) is 23.5 Å². The van der Waals surface area contributed by atoms with E-state index >= 15 is 0 Å². The monoisotopic (exact) mass is 252 g/mol. The Kier molecular flexibility index (Phi) is 3.02. The van der Waals surface area contributed by atoms with Gasteiger partial charge in [-0.2, -0.15) is 0 Å². The Hall–Kier alpha value is -0.910. The predicted octanol–water partition coefficient (Wildman–Crippen LogP) is 2.37. The second-order valence-electron chi connectivity index (χ2n) is 2.25. The maximum Gasteiger partial charge on any atom is 0.281 e. The molecule has 1 aromatic heterocycles. The highest BCUT2D eigenvalue weighted by Gasteiger charge is 2.18. The lowest BCUT2D eigenvalue weighted by atomic mass is 10.3. The van der Waals surface area contributed by atoms with Crippen LogP contribution in [0.1, 0.15) is 12.1 Å². The highest BCUT2D eigenvalue weighted by Crippen LogP contribution is 2.36. The molecule has 3 nitrogen and oxygen atoms in total. The number of methoxy groups -OCH3 is 1. The summed E-state index contributed by atoms with van der Waals surface area (Å²) in [6.07, 6.45) is -1.51. The van der Waals surface area contributed by atoms with Crippen molar-refractivity contribution in [2.75, 3.05) is 12.8 Å². The van der Waals surface area contributed by atoms with Gasteiger partial charge in [-0.3, -0.25) is 4.98 Å². The van der Waals surface area contributed by atoms with Gasteiger partial charge in [-0.1, -0.05) is 0 Å². The van der Waals surface area contributed by atoms with Crippen molar-refractivity contribution >= 4 is 21.6 Å². The Morgan fingerprint density at radius 2 is 2.23 bits per heavy atom. The summed E-state index contributed by atoms with van der Waals surface area (Å²) < 4.78 is 29.5. The highest BCUT2D eigenvalue weighted by atomic mass is 79.9. The summed E-state index contributed by atoms with van der Waals surface area (Å²) in [5, 5.41) is 0. The van der Waals surface area contributed by atoms with Crippen LogP contribution in [-0.4, -0.2) is 12.1 Å². The molecule has 0 saturated heterocycles. The summed E-state index contributed by atoms with van der Waals surface area (Å²) in [5.41, 5.74) is 5.29. The average molecular weight is 253 g/mol. The van der Waals surface area contributed by atoms with Crippen molar-refractivity contribution in [3.63, 3.8) is 0 Å². The van der Waals surface area contributed by atoms with Crippen LogP contribution in [0, 0.1) is 0 Å². The molecule has 1 aromatic rings. The number of ether oxygens (including phenoxy) is 1. The molecular formula is C7H7BrF2N2O. The van der Waals surface area contributed by atoms with Crippen LogP contribution in [0.25, 0.3) is 0 Å². The van der Waals surface area contributed by atoms with Crippen molar-refractivity contribution in [3.8, 4) is 5.75 Å². The van der Waals surface area contributed by atoms with Crippen LogP contribution < -0.4 is 10.5 Å². The number of halogens is 3. The fourth-order valence-corrected chi connectivity index (χ4v) is 1.52. The fraction of sp³-hybridized carbons (Fsp3) is 0.286. The molecule has 0 aromatic carbocycles. The number of aromatic nitrogens is 1. The number of nitrogen functional groups attached to an aromatic ring is 1.